The van der Waals surface area contributed by atoms with Gasteiger partial charge >= 0.3 is 0 Å². The molecule has 0 spiro atoms. The van der Waals surface area contributed by atoms with Gasteiger partial charge in [-0.05, 0) is 50.1 Å². The number of fused-ring (bicyclic) bond motifs is 2. The Labute approximate surface area is 274 Å². The molecule has 0 saturated carbocycles. The van der Waals surface area contributed by atoms with E-state index in [0.29, 0.717) is 46.5 Å². The zero-order valence-electron chi connectivity index (χ0n) is 27.1. The van der Waals surface area contributed by atoms with Gasteiger partial charge in [0, 0.05) is 52.6 Å². The van der Waals surface area contributed by atoms with Gasteiger partial charge in [0.05, 0.1) is 47.2 Å². The molecule has 0 aliphatic carbocycles. The maximum absolute atomic E-state index is 11.7. The molecule has 4 heterocycles. The minimum Gasteiger partial charge on any atom is -0.456 e. The molecule has 0 bridgehead atoms. The number of carbonyl (C=O) groups excluding carboxylic acids is 1. The Hall–Kier alpha value is -3.84. The third-order valence-corrected chi connectivity index (χ3v) is 10.5. The number of imidazole rings is 1. The molecule has 242 valence electrons. The SMILES string of the molecule is CNC(=O)CN1CCC(n2cc(-c3cnc4ccc(Oc5ccc6nc(C)n(COCC[Si](C)(C)C)c6c5)c(Cl)c4n3)cn2)CC1. The van der Waals surface area contributed by atoms with E-state index in [1.165, 1.54) is 0 Å². The van der Waals surface area contributed by atoms with Crippen molar-refractivity contribution < 1.29 is 14.3 Å². The summed E-state index contributed by atoms with van der Waals surface area (Å²) in [6, 6.07) is 10.9. The van der Waals surface area contributed by atoms with Gasteiger partial charge in [0.15, 0.2) is 0 Å². The lowest BCUT2D eigenvalue weighted by molar-refractivity contribution is -0.122. The minimum atomic E-state index is -1.17. The number of hydrogen-bond acceptors (Lipinski definition) is 8. The van der Waals surface area contributed by atoms with Crippen LogP contribution in [0.4, 0.5) is 0 Å². The molecule has 1 saturated heterocycles. The molecule has 0 radical (unpaired) electrons. The van der Waals surface area contributed by atoms with Crippen molar-refractivity contribution in [2.45, 2.75) is 58.2 Å². The summed E-state index contributed by atoms with van der Waals surface area (Å²) in [6.07, 6.45) is 7.42. The second kappa shape index (κ2) is 13.5. The van der Waals surface area contributed by atoms with Gasteiger partial charge in [-0.1, -0.05) is 31.2 Å². The Morgan fingerprint density at radius 2 is 1.87 bits per heavy atom. The van der Waals surface area contributed by atoms with E-state index >= 15 is 0 Å². The Morgan fingerprint density at radius 3 is 2.63 bits per heavy atom. The van der Waals surface area contributed by atoms with Crippen molar-refractivity contribution in [2.24, 2.45) is 0 Å². The van der Waals surface area contributed by atoms with E-state index < -0.39 is 8.07 Å². The van der Waals surface area contributed by atoms with Crippen molar-refractivity contribution in [3.63, 3.8) is 0 Å². The van der Waals surface area contributed by atoms with Gasteiger partial charge in [-0.3, -0.25) is 19.4 Å². The predicted molar refractivity (Wildman–Crippen MR) is 183 cm³/mol. The summed E-state index contributed by atoms with van der Waals surface area (Å²) in [5.41, 5.74) is 4.61. The van der Waals surface area contributed by atoms with Crippen LogP contribution in [0.5, 0.6) is 11.5 Å². The lowest BCUT2D eigenvalue weighted by atomic mass is 10.1. The van der Waals surface area contributed by atoms with Crippen molar-refractivity contribution in [3.8, 4) is 22.8 Å². The second-order valence-corrected chi connectivity index (χ2v) is 19.1. The van der Waals surface area contributed by atoms with Gasteiger partial charge in [0.1, 0.15) is 34.6 Å². The van der Waals surface area contributed by atoms with E-state index in [1.807, 2.05) is 54.3 Å². The molecule has 1 fully saturated rings. The predicted octanol–water partition coefficient (Wildman–Crippen LogP) is 6.29. The van der Waals surface area contributed by atoms with E-state index in [4.69, 9.17) is 31.0 Å². The zero-order chi connectivity index (χ0) is 32.4. The molecule has 2 aromatic carbocycles. The highest BCUT2D eigenvalue weighted by Crippen LogP contribution is 2.36. The Balaban J connectivity index is 1.18. The van der Waals surface area contributed by atoms with E-state index in [9.17, 15) is 4.79 Å². The molecule has 46 heavy (non-hydrogen) atoms. The maximum Gasteiger partial charge on any atom is 0.233 e. The topological polar surface area (TPSA) is 112 Å². The van der Waals surface area contributed by atoms with Gasteiger partial charge in [0.25, 0.3) is 0 Å². The van der Waals surface area contributed by atoms with Crippen molar-refractivity contribution in [1.82, 2.24) is 39.5 Å². The Kier molecular flexibility index (Phi) is 9.41. The van der Waals surface area contributed by atoms with Crippen LogP contribution in [0.3, 0.4) is 0 Å². The molecule has 5 aromatic rings. The number of likely N-dealkylation sites (N-methyl/N-ethyl adjacent to an activating group) is 1. The van der Waals surface area contributed by atoms with Crippen LogP contribution < -0.4 is 10.1 Å². The van der Waals surface area contributed by atoms with Crippen LogP contribution in [-0.2, 0) is 16.3 Å². The van der Waals surface area contributed by atoms with Crippen LogP contribution in [0.1, 0.15) is 24.7 Å². The molecule has 0 unspecified atom stereocenters. The average molecular weight is 661 g/mol. The fourth-order valence-corrected chi connectivity index (χ4v) is 6.65. The molecule has 1 aliphatic rings. The van der Waals surface area contributed by atoms with Crippen molar-refractivity contribution >= 4 is 47.6 Å². The first-order chi connectivity index (χ1) is 22.1. The molecular formula is C33H41ClN8O3Si. The van der Waals surface area contributed by atoms with Gasteiger partial charge in [-0.2, -0.15) is 5.10 Å². The first-order valence-electron chi connectivity index (χ1n) is 15.7. The molecule has 13 heteroatoms. The lowest BCUT2D eigenvalue weighted by Gasteiger charge is -2.31. The monoisotopic (exact) mass is 660 g/mol. The summed E-state index contributed by atoms with van der Waals surface area (Å²) in [7, 11) is 0.500. The second-order valence-electron chi connectivity index (χ2n) is 13.1. The average Bonchev–Trinajstić information content (AvgIpc) is 3.65. The first-order valence-corrected chi connectivity index (χ1v) is 19.8. The van der Waals surface area contributed by atoms with Crippen molar-refractivity contribution in [2.75, 3.05) is 33.3 Å². The van der Waals surface area contributed by atoms with Gasteiger partial charge < -0.3 is 19.4 Å². The molecular weight excluding hydrogens is 620 g/mol. The molecule has 0 atom stereocenters. The molecule has 1 aliphatic heterocycles. The fourth-order valence-electron chi connectivity index (χ4n) is 5.65. The molecule has 1 N–H and O–H groups in total. The van der Waals surface area contributed by atoms with Crippen LogP contribution in [0.25, 0.3) is 33.3 Å². The normalized spacial score (nSPS) is 14.7. The number of benzene rings is 2. The molecule has 1 amide bonds. The number of amides is 1. The summed E-state index contributed by atoms with van der Waals surface area (Å²) in [5, 5.41) is 7.73. The van der Waals surface area contributed by atoms with Crippen molar-refractivity contribution in [3.05, 3.63) is 59.8 Å². The zero-order valence-corrected chi connectivity index (χ0v) is 28.8. The Morgan fingerprint density at radius 1 is 1.09 bits per heavy atom. The third-order valence-electron chi connectivity index (χ3n) is 8.45. The number of rotatable bonds is 11. The smallest absolute Gasteiger partial charge is 0.233 e. The number of piperidine rings is 1. The third kappa shape index (κ3) is 7.25. The molecule has 6 rings (SSSR count). The number of halogens is 1. The highest BCUT2D eigenvalue weighted by atomic mass is 35.5. The molecule has 11 nitrogen and oxygen atoms in total. The highest BCUT2D eigenvalue weighted by molar-refractivity contribution is 6.76. The summed E-state index contributed by atoms with van der Waals surface area (Å²) in [5.74, 6) is 2.07. The van der Waals surface area contributed by atoms with E-state index in [-0.39, 0.29) is 11.9 Å². The summed E-state index contributed by atoms with van der Waals surface area (Å²) in [4.78, 5) is 28.1. The number of carbonyl (C=O) groups is 1. The number of nitrogens with zero attached hydrogens (tertiary/aromatic N) is 7. The quantitative estimate of drug-likeness (QED) is 0.130. The highest BCUT2D eigenvalue weighted by Gasteiger charge is 2.23. The number of likely N-dealkylation sites (tertiary alicyclic amines) is 1. The summed E-state index contributed by atoms with van der Waals surface area (Å²) in [6.45, 7) is 12.3. The van der Waals surface area contributed by atoms with Gasteiger partial charge in [-0.15, -0.1) is 0 Å². The fraction of sp³-hybridized carbons (Fsp3) is 0.424. The van der Waals surface area contributed by atoms with E-state index in [0.717, 1.165) is 61.0 Å². The summed E-state index contributed by atoms with van der Waals surface area (Å²) >= 11 is 6.90. The number of ether oxygens (including phenoxy) is 2. The summed E-state index contributed by atoms with van der Waals surface area (Å²) < 4.78 is 16.4. The molecule has 3 aromatic heterocycles. The minimum absolute atomic E-state index is 0.0409. The van der Waals surface area contributed by atoms with Gasteiger partial charge in [-0.25, -0.2) is 9.97 Å². The number of hydrogen-bond donors (Lipinski definition) is 1. The van der Waals surface area contributed by atoms with Crippen LogP contribution >= 0.6 is 11.6 Å². The Bertz CT molecular complexity index is 1860. The number of aromatic nitrogens is 6. The first kappa shape index (κ1) is 32.1. The van der Waals surface area contributed by atoms with Gasteiger partial charge in [0.2, 0.25) is 5.91 Å². The van der Waals surface area contributed by atoms with Crippen LogP contribution in [0.2, 0.25) is 30.7 Å². The number of nitrogens with one attached hydrogen (secondary N) is 1. The largest absolute Gasteiger partial charge is 0.456 e. The standard InChI is InChI=1S/C33H41ClN8O3Si/c1-22-38-26-7-6-25(16-29(26)41(22)21-44-14-15-46(3,4)5)45-30-9-8-27-33(32(30)34)39-28(18-36-27)23-17-37-42(19-23)24-10-12-40(13-11-24)20-31(43)35-2/h6-9,16-19,24H,10-15,20-21H2,1-5H3,(H,35,43). The van der Waals surface area contributed by atoms with Crippen LogP contribution in [0.15, 0.2) is 48.9 Å². The van der Waals surface area contributed by atoms with Crippen molar-refractivity contribution in [1.29, 1.82) is 0 Å². The van der Waals surface area contributed by atoms with E-state index in [2.05, 4.69) is 44.5 Å². The number of aryl methyl sites for hydroxylation is 1. The van der Waals surface area contributed by atoms with Crippen LogP contribution in [0, 0.1) is 6.92 Å². The maximum atomic E-state index is 11.7. The van der Waals surface area contributed by atoms with Crippen LogP contribution in [-0.4, -0.2) is 81.5 Å². The van der Waals surface area contributed by atoms with E-state index in [1.54, 1.807) is 13.2 Å². The lowest BCUT2D eigenvalue weighted by Crippen LogP contribution is -2.41.